The molecule has 0 aromatic heterocycles. The second kappa shape index (κ2) is 6.94. The molecule has 140 valence electrons. The van der Waals surface area contributed by atoms with Crippen LogP contribution in [0.5, 0.6) is 0 Å². The standard InChI is InChI=1S/C16H15F3N2O4S/c1-3-20(13-6-4-5-12(9-13)16(17,18)19)26(24,25)14-8-7-11(2)15(10-14)21(22)23/h4-10H,3H2,1-2H3. The molecule has 0 fully saturated rings. The Morgan fingerprint density at radius 3 is 2.35 bits per heavy atom. The number of rotatable bonds is 5. The Kier molecular flexibility index (Phi) is 5.26. The molecule has 0 heterocycles. The molecule has 2 aromatic carbocycles. The lowest BCUT2D eigenvalue weighted by molar-refractivity contribution is -0.385. The lowest BCUT2D eigenvalue weighted by Crippen LogP contribution is -2.31. The van der Waals surface area contributed by atoms with E-state index in [1.54, 1.807) is 0 Å². The Morgan fingerprint density at radius 1 is 1.15 bits per heavy atom. The van der Waals surface area contributed by atoms with Gasteiger partial charge in [-0.3, -0.25) is 14.4 Å². The van der Waals surface area contributed by atoms with Crippen LogP contribution in [0.15, 0.2) is 47.4 Å². The molecule has 2 aromatic rings. The summed E-state index contributed by atoms with van der Waals surface area (Å²) in [5.41, 5.74) is -1.27. The van der Waals surface area contributed by atoms with E-state index in [2.05, 4.69) is 0 Å². The molecule has 6 nitrogen and oxygen atoms in total. The summed E-state index contributed by atoms with van der Waals surface area (Å²) in [6.07, 6.45) is -4.62. The molecule has 0 spiro atoms. The van der Waals surface area contributed by atoms with Crippen molar-refractivity contribution < 1.29 is 26.5 Å². The van der Waals surface area contributed by atoms with E-state index >= 15 is 0 Å². The predicted molar refractivity (Wildman–Crippen MR) is 89.5 cm³/mol. The van der Waals surface area contributed by atoms with E-state index < -0.39 is 26.7 Å². The van der Waals surface area contributed by atoms with Crippen molar-refractivity contribution in [3.8, 4) is 0 Å². The van der Waals surface area contributed by atoms with Gasteiger partial charge in [-0.25, -0.2) is 8.42 Å². The monoisotopic (exact) mass is 388 g/mol. The van der Waals surface area contributed by atoms with Crippen LogP contribution < -0.4 is 4.31 Å². The molecule has 0 unspecified atom stereocenters. The van der Waals surface area contributed by atoms with Gasteiger partial charge >= 0.3 is 6.18 Å². The van der Waals surface area contributed by atoms with Crippen molar-refractivity contribution >= 4 is 21.4 Å². The third-order valence-corrected chi connectivity index (χ3v) is 5.61. The zero-order chi connectivity index (χ0) is 19.7. The van der Waals surface area contributed by atoms with Crippen molar-refractivity contribution in [2.75, 3.05) is 10.8 Å². The van der Waals surface area contributed by atoms with Crippen LogP contribution in [0.2, 0.25) is 0 Å². The Morgan fingerprint density at radius 2 is 1.81 bits per heavy atom. The first-order valence-corrected chi connectivity index (χ1v) is 8.87. The number of hydrogen-bond acceptors (Lipinski definition) is 4. The summed E-state index contributed by atoms with van der Waals surface area (Å²) < 4.78 is 65.1. The average molecular weight is 388 g/mol. The maximum atomic E-state index is 12.9. The fourth-order valence-electron chi connectivity index (χ4n) is 2.40. The number of hydrogen-bond donors (Lipinski definition) is 0. The van der Waals surface area contributed by atoms with Crippen LogP contribution in [0, 0.1) is 17.0 Å². The Bertz CT molecular complexity index is 943. The summed E-state index contributed by atoms with van der Waals surface area (Å²) >= 11 is 0. The SMILES string of the molecule is CCN(c1cccc(C(F)(F)F)c1)S(=O)(=O)c1ccc(C)c([N+](=O)[O-])c1. The number of benzene rings is 2. The van der Waals surface area contributed by atoms with Gasteiger partial charge in [0.05, 0.1) is 21.1 Å². The molecule has 0 aliphatic heterocycles. The summed E-state index contributed by atoms with van der Waals surface area (Å²) in [6.45, 7) is 2.77. The summed E-state index contributed by atoms with van der Waals surface area (Å²) in [4.78, 5) is 9.96. The minimum atomic E-state index is -4.62. The number of sulfonamides is 1. The number of anilines is 1. The summed E-state index contributed by atoms with van der Waals surface area (Å²) in [6, 6.07) is 7.27. The van der Waals surface area contributed by atoms with Gasteiger partial charge in [-0.2, -0.15) is 13.2 Å². The van der Waals surface area contributed by atoms with Crippen LogP contribution in [0.4, 0.5) is 24.5 Å². The van der Waals surface area contributed by atoms with Crippen molar-refractivity contribution in [2.24, 2.45) is 0 Å². The van der Waals surface area contributed by atoms with Crippen LogP contribution in [0.25, 0.3) is 0 Å². The number of alkyl halides is 3. The van der Waals surface area contributed by atoms with Gasteiger partial charge in [-0.1, -0.05) is 12.1 Å². The fourth-order valence-corrected chi connectivity index (χ4v) is 3.89. The summed E-state index contributed by atoms with van der Waals surface area (Å²) in [5, 5.41) is 11.0. The normalized spacial score (nSPS) is 12.0. The van der Waals surface area contributed by atoms with Crippen LogP contribution >= 0.6 is 0 Å². The number of nitro groups is 1. The molecule has 0 aliphatic rings. The van der Waals surface area contributed by atoms with Crippen molar-refractivity contribution in [1.29, 1.82) is 0 Å². The fraction of sp³-hybridized carbons (Fsp3) is 0.250. The van der Waals surface area contributed by atoms with Gasteiger partial charge in [0, 0.05) is 18.2 Å². The van der Waals surface area contributed by atoms with Crippen molar-refractivity contribution in [3.05, 3.63) is 63.7 Å². The van der Waals surface area contributed by atoms with Gasteiger partial charge in [0.25, 0.3) is 15.7 Å². The molecule has 0 atom stereocenters. The average Bonchev–Trinajstić information content (AvgIpc) is 2.54. The summed E-state index contributed by atoms with van der Waals surface area (Å²) in [7, 11) is -4.28. The molecule has 0 radical (unpaired) electrons. The van der Waals surface area contributed by atoms with E-state index in [0.29, 0.717) is 0 Å². The predicted octanol–water partition coefficient (Wildman–Crippen LogP) is 4.14. The third-order valence-electron chi connectivity index (χ3n) is 3.71. The number of aryl methyl sites for hydroxylation is 1. The van der Waals surface area contributed by atoms with Gasteiger partial charge in [0.1, 0.15) is 0 Å². The van der Waals surface area contributed by atoms with E-state index in [1.165, 1.54) is 32.0 Å². The van der Waals surface area contributed by atoms with E-state index in [4.69, 9.17) is 0 Å². The van der Waals surface area contributed by atoms with Gasteiger partial charge in [-0.15, -0.1) is 0 Å². The molecule has 0 N–H and O–H groups in total. The Labute approximate surface area is 148 Å². The van der Waals surface area contributed by atoms with Crippen molar-refractivity contribution in [3.63, 3.8) is 0 Å². The first-order valence-electron chi connectivity index (χ1n) is 7.43. The van der Waals surface area contributed by atoms with Gasteiger partial charge < -0.3 is 0 Å². The second-order valence-electron chi connectivity index (χ2n) is 5.42. The van der Waals surface area contributed by atoms with E-state index in [1.807, 2.05) is 0 Å². The van der Waals surface area contributed by atoms with Crippen LogP contribution in [0.1, 0.15) is 18.1 Å². The molecular weight excluding hydrogens is 373 g/mol. The first-order chi connectivity index (χ1) is 12.0. The van der Waals surface area contributed by atoms with Crippen LogP contribution in [-0.4, -0.2) is 19.9 Å². The second-order valence-corrected chi connectivity index (χ2v) is 7.29. The number of nitro benzene ring substituents is 1. The first kappa shape index (κ1) is 19.7. The largest absolute Gasteiger partial charge is 0.416 e. The Balaban J connectivity index is 2.56. The molecule has 0 saturated carbocycles. The van der Waals surface area contributed by atoms with E-state index in [-0.39, 0.29) is 28.4 Å². The third kappa shape index (κ3) is 3.79. The van der Waals surface area contributed by atoms with Gasteiger partial charge in [-0.05, 0) is 38.1 Å². The van der Waals surface area contributed by atoms with Gasteiger partial charge in [0.15, 0.2) is 0 Å². The molecule has 10 heteroatoms. The zero-order valence-corrected chi connectivity index (χ0v) is 14.6. The Hall–Kier alpha value is -2.62. The van der Waals surface area contributed by atoms with E-state index in [0.717, 1.165) is 28.6 Å². The molecule has 0 saturated heterocycles. The minimum Gasteiger partial charge on any atom is -0.267 e. The highest BCUT2D eigenvalue weighted by molar-refractivity contribution is 7.92. The highest BCUT2D eigenvalue weighted by Gasteiger charge is 2.32. The quantitative estimate of drug-likeness (QED) is 0.570. The highest BCUT2D eigenvalue weighted by atomic mass is 32.2. The molecule has 0 amide bonds. The zero-order valence-electron chi connectivity index (χ0n) is 13.8. The number of halogens is 3. The maximum Gasteiger partial charge on any atom is 0.416 e. The highest BCUT2D eigenvalue weighted by Crippen LogP contribution is 2.33. The van der Waals surface area contributed by atoms with Crippen LogP contribution in [0.3, 0.4) is 0 Å². The molecular formula is C16H15F3N2O4S. The molecule has 0 bridgehead atoms. The van der Waals surface area contributed by atoms with Crippen molar-refractivity contribution in [2.45, 2.75) is 24.9 Å². The number of nitrogens with zero attached hydrogens (tertiary/aromatic N) is 2. The summed E-state index contributed by atoms with van der Waals surface area (Å²) in [5.74, 6) is 0. The smallest absolute Gasteiger partial charge is 0.267 e. The topological polar surface area (TPSA) is 80.5 Å². The van der Waals surface area contributed by atoms with Gasteiger partial charge in [0.2, 0.25) is 0 Å². The van der Waals surface area contributed by atoms with E-state index in [9.17, 15) is 31.7 Å². The maximum absolute atomic E-state index is 12.9. The van der Waals surface area contributed by atoms with Crippen molar-refractivity contribution in [1.82, 2.24) is 0 Å². The lowest BCUT2D eigenvalue weighted by Gasteiger charge is -2.23. The lowest BCUT2D eigenvalue weighted by atomic mass is 10.2. The van der Waals surface area contributed by atoms with Crippen LogP contribution in [-0.2, 0) is 16.2 Å². The molecule has 26 heavy (non-hydrogen) atoms. The molecule has 2 rings (SSSR count). The molecule has 0 aliphatic carbocycles. The minimum absolute atomic E-state index is 0.148.